The summed E-state index contributed by atoms with van der Waals surface area (Å²) in [5.74, 6) is 0. The van der Waals surface area contributed by atoms with E-state index in [2.05, 4.69) is 13.2 Å². The molecular formula is C16H18O2S2. The van der Waals surface area contributed by atoms with E-state index in [0.29, 0.717) is 0 Å². The van der Waals surface area contributed by atoms with Gasteiger partial charge in [-0.15, -0.1) is 0 Å². The van der Waals surface area contributed by atoms with Crippen molar-refractivity contribution in [2.45, 2.75) is 24.3 Å². The molecule has 0 fully saturated rings. The predicted octanol–water partition coefficient (Wildman–Crippen LogP) is 4.70. The maximum Gasteiger partial charge on any atom is 0.212 e. The minimum Gasteiger partial charge on any atom is -0.282 e. The Bertz CT molecular complexity index is 476. The largest absolute Gasteiger partial charge is 0.282 e. The van der Waals surface area contributed by atoms with Gasteiger partial charge in [0, 0.05) is 10.5 Å². The van der Waals surface area contributed by atoms with Crippen LogP contribution in [0.4, 0.5) is 0 Å². The maximum atomic E-state index is 11.5. The van der Waals surface area contributed by atoms with Crippen LogP contribution in [0.3, 0.4) is 0 Å². The quantitative estimate of drug-likeness (QED) is 0.713. The molecule has 0 aromatic heterocycles. The van der Waals surface area contributed by atoms with E-state index < -0.39 is 0 Å². The van der Waals surface area contributed by atoms with Crippen LogP contribution in [-0.4, -0.2) is 10.2 Å². The Kier molecular flexibility index (Phi) is 6.82. The summed E-state index contributed by atoms with van der Waals surface area (Å²) in [7, 11) is 0. The standard InChI is InChI=1S/C16H18O2S2/c1-5-15(17)19-11(3)13-9-7-8-10-14(13)12(4)20-16(18)6-2/h5-12H,1-2H2,3-4H3. The highest BCUT2D eigenvalue weighted by atomic mass is 32.2. The van der Waals surface area contributed by atoms with E-state index in [1.54, 1.807) is 0 Å². The van der Waals surface area contributed by atoms with Gasteiger partial charge in [-0.3, -0.25) is 9.59 Å². The van der Waals surface area contributed by atoms with E-state index in [0.717, 1.165) is 11.1 Å². The smallest absolute Gasteiger partial charge is 0.212 e. The molecule has 4 heteroatoms. The zero-order valence-electron chi connectivity index (χ0n) is 11.7. The fourth-order valence-corrected chi connectivity index (χ4v) is 3.40. The molecule has 0 bridgehead atoms. The Hall–Kier alpha value is -1.26. The van der Waals surface area contributed by atoms with Gasteiger partial charge in [-0.05, 0) is 37.1 Å². The zero-order valence-corrected chi connectivity index (χ0v) is 13.3. The normalized spacial score (nSPS) is 13.3. The van der Waals surface area contributed by atoms with Gasteiger partial charge in [-0.25, -0.2) is 0 Å². The predicted molar refractivity (Wildman–Crippen MR) is 88.9 cm³/mol. The van der Waals surface area contributed by atoms with E-state index in [1.807, 2.05) is 38.1 Å². The van der Waals surface area contributed by atoms with Crippen LogP contribution < -0.4 is 0 Å². The third-order valence-corrected chi connectivity index (χ3v) is 4.80. The van der Waals surface area contributed by atoms with E-state index >= 15 is 0 Å². The molecule has 2 atom stereocenters. The molecule has 1 aromatic rings. The molecule has 2 nitrogen and oxygen atoms in total. The van der Waals surface area contributed by atoms with Crippen molar-refractivity contribution in [3.63, 3.8) is 0 Å². The Morgan fingerprint density at radius 1 is 0.950 bits per heavy atom. The summed E-state index contributed by atoms with van der Waals surface area (Å²) in [6.07, 6.45) is 2.65. The molecule has 0 spiro atoms. The second-order valence-corrected chi connectivity index (χ2v) is 6.89. The number of carbonyl (C=O) groups excluding carboxylic acids is 2. The van der Waals surface area contributed by atoms with Gasteiger partial charge >= 0.3 is 0 Å². The summed E-state index contributed by atoms with van der Waals surface area (Å²) in [5.41, 5.74) is 2.15. The average Bonchev–Trinajstić information content (AvgIpc) is 2.46. The van der Waals surface area contributed by atoms with E-state index in [-0.39, 0.29) is 20.7 Å². The van der Waals surface area contributed by atoms with Crippen molar-refractivity contribution in [3.05, 3.63) is 60.7 Å². The Morgan fingerprint density at radius 3 is 1.60 bits per heavy atom. The van der Waals surface area contributed by atoms with Crippen LogP contribution in [0.2, 0.25) is 0 Å². The third kappa shape index (κ3) is 4.69. The van der Waals surface area contributed by atoms with Crippen molar-refractivity contribution in [2.24, 2.45) is 0 Å². The first-order chi connectivity index (χ1) is 9.49. The first kappa shape index (κ1) is 16.8. The summed E-state index contributed by atoms with van der Waals surface area (Å²) in [6.45, 7) is 10.9. The topological polar surface area (TPSA) is 34.1 Å². The average molecular weight is 306 g/mol. The maximum absolute atomic E-state index is 11.5. The SMILES string of the molecule is C=CC(=O)SC(C)c1ccccc1C(C)SC(=O)C=C. The van der Waals surface area contributed by atoms with Gasteiger partial charge in [0.1, 0.15) is 0 Å². The van der Waals surface area contributed by atoms with Crippen LogP contribution in [0.15, 0.2) is 49.6 Å². The Balaban J connectivity index is 2.97. The molecule has 2 unspecified atom stereocenters. The van der Waals surface area contributed by atoms with Crippen LogP contribution in [0, 0.1) is 0 Å². The minimum absolute atomic E-state index is 0.0265. The molecule has 0 N–H and O–H groups in total. The second-order valence-electron chi connectivity index (χ2n) is 4.20. The lowest BCUT2D eigenvalue weighted by atomic mass is 10.0. The molecule has 0 aliphatic carbocycles. The fraction of sp³-hybridized carbons (Fsp3) is 0.250. The molecule has 20 heavy (non-hydrogen) atoms. The highest BCUT2D eigenvalue weighted by Gasteiger charge is 2.18. The fourth-order valence-electron chi connectivity index (χ4n) is 1.82. The highest BCUT2D eigenvalue weighted by molar-refractivity contribution is 8.14. The van der Waals surface area contributed by atoms with Gasteiger partial charge in [-0.2, -0.15) is 0 Å². The van der Waals surface area contributed by atoms with Crippen molar-refractivity contribution in [1.29, 1.82) is 0 Å². The highest BCUT2D eigenvalue weighted by Crippen LogP contribution is 2.38. The summed E-state index contributed by atoms with van der Waals surface area (Å²) < 4.78 is 0. The zero-order chi connectivity index (χ0) is 15.1. The molecular weight excluding hydrogens is 288 g/mol. The molecule has 0 radical (unpaired) electrons. The lowest BCUT2D eigenvalue weighted by Crippen LogP contribution is -2.02. The Morgan fingerprint density at radius 2 is 1.30 bits per heavy atom. The van der Waals surface area contributed by atoms with Gasteiger partial charge in [0.2, 0.25) is 10.2 Å². The van der Waals surface area contributed by atoms with Crippen LogP contribution in [0.25, 0.3) is 0 Å². The number of hydrogen-bond acceptors (Lipinski definition) is 4. The molecule has 0 aliphatic heterocycles. The minimum atomic E-state index is -0.0465. The van der Waals surface area contributed by atoms with Gasteiger partial charge in [0.05, 0.1) is 0 Å². The molecule has 1 aromatic carbocycles. The second kappa shape index (κ2) is 8.12. The number of benzene rings is 1. The number of carbonyl (C=O) groups is 2. The van der Waals surface area contributed by atoms with Gasteiger partial charge in [-0.1, -0.05) is 60.9 Å². The van der Waals surface area contributed by atoms with Crippen LogP contribution in [0.5, 0.6) is 0 Å². The molecule has 0 saturated heterocycles. The summed E-state index contributed by atoms with van der Waals surface area (Å²) in [6, 6.07) is 7.89. The number of hydrogen-bond donors (Lipinski definition) is 0. The molecule has 0 aliphatic rings. The van der Waals surface area contributed by atoms with E-state index in [1.165, 1.54) is 35.7 Å². The number of thioether (sulfide) groups is 2. The lowest BCUT2D eigenvalue weighted by Gasteiger charge is -2.18. The number of rotatable bonds is 6. The van der Waals surface area contributed by atoms with E-state index in [9.17, 15) is 9.59 Å². The van der Waals surface area contributed by atoms with Crippen molar-refractivity contribution < 1.29 is 9.59 Å². The monoisotopic (exact) mass is 306 g/mol. The first-order valence-electron chi connectivity index (χ1n) is 6.24. The van der Waals surface area contributed by atoms with Crippen molar-refractivity contribution in [3.8, 4) is 0 Å². The lowest BCUT2D eigenvalue weighted by molar-refractivity contribution is -0.107. The van der Waals surface area contributed by atoms with Crippen LogP contribution >= 0.6 is 23.5 Å². The summed E-state index contributed by atoms with van der Waals surface area (Å²) >= 11 is 2.48. The van der Waals surface area contributed by atoms with E-state index in [4.69, 9.17) is 0 Å². The first-order valence-corrected chi connectivity index (χ1v) is 8.00. The molecule has 0 saturated carbocycles. The third-order valence-electron chi connectivity index (χ3n) is 2.79. The van der Waals surface area contributed by atoms with Crippen molar-refractivity contribution in [2.75, 3.05) is 0 Å². The van der Waals surface area contributed by atoms with Gasteiger partial charge in [0.15, 0.2) is 0 Å². The molecule has 0 amide bonds. The molecule has 1 rings (SSSR count). The molecule has 106 valence electrons. The summed E-state index contributed by atoms with van der Waals surface area (Å²) in [4.78, 5) is 22.9. The van der Waals surface area contributed by atoms with Crippen molar-refractivity contribution in [1.82, 2.24) is 0 Å². The van der Waals surface area contributed by atoms with Crippen LogP contribution in [-0.2, 0) is 9.59 Å². The summed E-state index contributed by atoms with van der Waals surface area (Å²) in [5, 5.41) is -0.0401. The molecule has 0 heterocycles. The van der Waals surface area contributed by atoms with Gasteiger partial charge in [0.25, 0.3) is 0 Å². The Labute approximate surface area is 128 Å². The van der Waals surface area contributed by atoms with Crippen LogP contribution in [0.1, 0.15) is 35.5 Å². The van der Waals surface area contributed by atoms with Crippen molar-refractivity contribution >= 4 is 33.8 Å². The van der Waals surface area contributed by atoms with Gasteiger partial charge < -0.3 is 0 Å².